The van der Waals surface area contributed by atoms with E-state index >= 15 is 0 Å². The summed E-state index contributed by atoms with van der Waals surface area (Å²) in [5, 5.41) is 0. The summed E-state index contributed by atoms with van der Waals surface area (Å²) in [4.78, 5) is 0. The van der Waals surface area contributed by atoms with Crippen LogP contribution in [0.3, 0.4) is 0 Å². The molecule has 2 rings (SSSR count). The average molecular weight is 417 g/mol. The van der Waals surface area contributed by atoms with Crippen molar-refractivity contribution in [2.75, 3.05) is 12.5 Å². The highest BCUT2D eigenvalue weighted by Crippen LogP contribution is 2.30. The van der Waals surface area contributed by atoms with E-state index < -0.39 is 44.7 Å². The summed E-state index contributed by atoms with van der Waals surface area (Å²) in [6.07, 6.45) is 4.14. The lowest BCUT2D eigenvalue weighted by Gasteiger charge is -2.21. The Kier molecular flexibility index (Phi) is 8.95. The molecule has 0 aromatic rings. The van der Waals surface area contributed by atoms with Gasteiger partial charge in [-0.2, -0.15) is 16.8 Å². The van der Waals surface area contributed by atoms with Crippen molar-refractivity contribution in [2.45, 2.75) is 90.0 Å². The molecule has 0 spiro atoms. The van der Waals surface area contributed by atoms with Crippen molar-refractivity contribution < 1.29 is 34.7 Å². The number of hydrogen-bond donors (Lipinski definition) is 0. The largest absolute Gasteiger partial charge is 0.375 e. The predicted molar refractivity (Wildman–Crippen MR) is 97.9 cm³/mol. The molecular weight excluding hydrogens is 384 g/mol. The van der Waals surface area contributed by atoms with Gasteiger partial charge in [0.15, 0.2) is 0 Å². The SMILES string of the molecule is CCC1CCC(C)O1.CCC1OC(C)C(OS(C)(=O)=O)C1OS(C)(=O)=O. The Morgan fingerprint density at radius 1 is 0.846 bits per heavy atom. The summed E-state index contributed by atoms with van der Waals surface area (Å²) < 4.78 is 65.4. The van der Waals surface area contributed by atoms with Gasteiger partial charge < -0.3 is 9.47 Å². The Bertz CT molecular complexity index is 631. The van der Waals surface area contributed by atoms with E-state index in [4.69, 9.17) is 17.8 Å². The number of hydrogen-bond acceptors (Lipinski definition) is 8. The van der Waals surface area contributed by atoms with Gasteiger partial charge >= 0.3 is 0 Å². The average Bonchev–Trinajstić information content (AvgIpc) is 3.03. The first-order valence-electron chi connectivity index (χ1n) is 8.93. The summed E-state index contributed by atoms with van der Waals surface area (Å²) in [5.74, 6) is 0. The lowest BCUT2D eigenvalue weighted by Crippen LogP contribution is -2.39. The van der Waals surface area contributed by atoms with Crippen LogP contribution in [0, 0.1) is 0 Å². The molecular formula is C16H32O8S2. The summed E-state index contributed by atoms with van der Waals surface area (Å²) in [5.41, 5.74) is 0. The lowest BCUT2D eigenvalue weighted by atomic mass is 10.1. The molecule has 0 saturated carbocycles. The van der Waals surface area contributed by atoms with Crippen molar-refractivity contribution in [3.05, 3.63) is 0 Å². The van der Waals surface area contributed by atoms with Gasteiger partial charge in [0.2, 0.25) is 0 Å². The topological polar surface area (TPSA) is 105 Å². The highest BCUT2D eigenvalue weighted by atomic mass is 32.2. The van der Waals surface area contributed by atoms with Gasteiger partial charge in [-0.3, -0.25) is 8.37 Å². The molecule has 2 fully saturated rings. The first kappa shape index (κ1) is 23.8. The van der Waals surface area contributed by atoms with E-state index in [2.05, 4.69) is 13.8 Å². The van der Waals surface area contributed by atoms with Crippen LogP contribution in [-0.2, 0) is 38.1 Å². The third-order valence-electron chi connectivity index (χ3n) is 4.29. The molecule has 6 atom stereocenters. The summed E-state index contributed by atoms with van der Waals surface area (Å²) in [7, 11) is -7.43. The third kappa shape index (κ3) is 8.18. The first-order valence-corrected chi connectivity index (χ1v) is 12.6. The molecule has 0 N–H and O–H groups in total. The van der Waals surface area contributed by atoms with Gasteiger partial charge in [0, 0.05) is 0 Å². The molecule has 26 heavy (non-hydrogen) atoms. The fraction of sp³-hybridized carbons (Fsp3) is 1.00. The summed E-state index contributed by atoms with van der Waals surface area (Å²) in [6.45, 7) is 7.74. The molecule has 2 heterocycles. The van der Waals surface area contributed by atoms with Gasteiger partial charge in [-0.1, -0.05) is 13.8 Å². The monoisotopic (exact) mass is 416 g/mol. The van der Waals surface area contributed by atoms with Crippen molar-refractivity contribution in [2.24, 2.45) is 0 Å². The van der Waals surface area contributed by atoms with E-state index in [0.717, 1.165) is 12.5 Å². The molecule has 0 aliphatic carbocycles. The van der Waals surface area contributed by atoms with E-state index in [1.165, 1.54) is 19.3 Å². The number of rotatable bonds is 6. The molecule has 0 aromatic heterocycles. The Hall–Kier alpha value is -0.260. The second-order valence-corrected chi connectivity index (χ2v) is 10.1. The van der Waals surface area contributed by atoms with Crippen LogP contribution in [0.2, 0.25) is 0 Å². The third-order valence-corrected chi connectivity index (χ3v) is 5.44. The second-order valence-electron chi connectivity index (χ2n) is 6.87. The zero-order valence-corrected chi connectivity index (χ0v) is 18.0. The zero-order valence-electron chi connectivity index (χ0n) is 16.4. The van der Waals surface area contributed by atoms with Crippen LogP contribution in [-0.4, -0.2) is 66.0 Å². The smallest absolute Gasteiger partial charge is 0.264 e. The zero-order chi connectivity index (χ0) is 20.1. The molecule has 0 amide bonds. The predicted octanol–water partition coefficient (Wildman–Crippen LogP) is 1.84. The van der Waals surface area contributed by atoms with E-state index in [-0.39, 0.29) is 0 Å². The minimum absolute atomic E-state index is 0.494. The standard InChI is InChI=1S/C9H18O7S2.C7H14O/c1-5-7-9(16-18(4,12)13)8(6(2)14-7)15-17(3,10)11;1-3-7-5-4-6(2)8-7/h6-9H,5H2,1-4H3;6-7H,3-5H2,1-2H3. The fourth-order valence-corrected chi connectivity index (χ4v) is 4.38. The van der Waals surface area contributed by atoms with Crippen molar-refractivity contribution in [3.63, 3.8) is 0 Å². The Labute approximate surface area is 157 Å². The van der Waals surface area contributed by atoms with E-state index in [1.54, 1.807) is 13.8 Å². The van der Waals surface area contributed by atoms with Gasteiger partial charge in [-0.05, 0) is 39.5 Å². The second kappa shape index (κ2) is 9.79. The lowest BCUT2D eigenvalue weighted by molar-refractivity contribution is 0.0213. The molecule has 156 valence electrons. The quantitative estimate of drug-likeness (QED) is 0.604. The minimum atomic E-state index is -3.72. The van der Waals surface area contributed by atoms with Gasteiger partial charge in [0.1, 0.15) is 12.2 Å². The van der Waals surface area contributed by atoms with Crippen molar-refractivity contribution in [1.29, 1.82) is 0 Å². The first-order chi connectivity index (χ1) is 11.9. The highest BCUT2D eigenvalue weighted by molar-refractivity contribution is 7.86. The molecule has 2 aliphatic rings. The molecule has 0 bridgehead atoms. The maximum atomic E-state index is 11.2. The van der Waals surface area contributed by atoms with E-state index in [0.29, 0.717) is 18.6 Å². The molecule has 2 aliphatic heterocycles. The minimum Gasteiger partial charge on any atom is -0.375 e. The molecule has 10 heteroatoms. The molecule has 0 radical (unpaired) electrons. The maximum absolute atomic E-state index is 11.2. The van der Waals surface area contributed by atoms with Crippen LogP contribution in [0.4, 0.5) is 0 Å². The fourth-order valence-electron chi connectivity index (χ4n) is 3.08. The van der Waals surface area contributed by atoms with E-state index in [9.17, 15) is 16.8 Å². The van der Waals surface area contributed by atoms with Crippen molar-refractivity contribution in [1.82, 2.24) is 0 Å². The van der Waals surface area contributed by atoms with Gasteiger partial charge in [0.05, 0.1) is 36.9 Å². The Balaban J connectivity index is 0.000000350. The van der Waals surface area contributed by atoms with E-state index in [1.807, 2.05) is 0 Å². The molecule has 2 saturated heterocycles. The Morgan fingerprint density at radius 3 is 1.73 bits per heavy atom. The van der Waals surface area contributed by atoms with Crippen LogP contribution in [0.25, 0.3) is 0 Å². The van der Waals surface area contributed by atoms with Crippen molar-refractivity contribution in [3.8, 4) is 0 Å². The van der Waals surface area contributed by atoms with Crippen LogP contribution < -0.4 is 0 Å². The summed E-state index contributed by atoms with van der Waals surface area (Å²) >= 11 is 0. The van der Waals surface area contributed by atoms with Gasteiger partial charge in [-0.25, -0.2) is 0 Å². The number of ether oxygens (including phenoxy) is 2. The highest BCUT2D eigenvalue weighted by Gasteiger charge is 2.46. The van der Waals surface area contributed by atoms with Crippen LogP contribution in [0.15, 0.2) is 0 Å². The Morgan fingerprint density at radius 2 is 1.38 bits per heavy atom. The van der Waals surface area contributed by atoms with Crippen LogP contribution in [0.5, 0.6) is 0 Å². The van der Waals surface area contributed by atoms with Crippen LogP contribution in [0.1, 0.15) is 53.4 Å². The molecule has 0 aromatic carbocycles. The normalized spacial score (nSPS) is 35.2. The van der Waals surface area contributed by atoms with Gasteiger partial charge in [0.25, 0.3) is 20.2 Å². The maximum Gasteiger partial charge on any atom is 0.264 e. The molecule has 8 nitrogen and oxygen atoms in total. The van der Waals surface area contributed by atoms with Gasteiger partial charge in [-0.15, -0.1) is 0 Å². The summed E-state index contributed by atoms with van der Waals surface area (Å²) in [6, 6.07) is 0. The van der Waals surface area contributed by atoms with Crippen molar-refractivity contribution >= 4 is 20.2 Å². The van der Waals surface area contributed by atoms with Crippen LogP contribution >= 0.6 is 0 Å². The molecule has 6 unspecified atom stereocenters.